The van der Waals surface area contributed by atoms with Gasteiger partial charge in [-0.15, -0.1) is 0 Å². The minimum atomic E-state index is -1.18. The van der Waals surface area contributed by atoms with Crippen molar-refractivity contribution < 1.29 is 18.2 Å². The number of quaternary nitrogens is 1. The second-order valence-electron chi connectivity index (χ2n) is 5.39. The summed E-state index contributed by atoms with van der Waals surface area (Å²) in [6.45, 7) is 0.538. The third-order valence-electron chi connectivity index (χ3n) is 2.71. The van der Waals surface area contributed by atoms with E-state index < -0.39 is 20.4 Å². The Morgan fingerprint density at radius 3 is 2.65 bits per heavy atom. The average Bonchev–Trinajstić information content (AvgIpc) is 2.81. The lowest BCUT2D eigenvalue weighted by Gasteiger charge is -2.32. The van der Waals surface area contributed by atoms with E-state index in [9.17, 15) is 19.5 Å². The topological polar surface area (TPSA) is 120 Å². The SMILES string of the molecule is CN/C(=C\[N+](=O)[O-])NCCS(=O)Cc1ccc(C[N+](C)(C)[O-])o1. The van der Waals surface area contributed by atoms with Gasteiger partial charge in [-0.2, -0.15) is 0 Å². The van der Waals surface area contributed by atoms with E-state index in [4.69, 9.17) is 4.42 Å². The molecule has 0 aliphatic heterocycles. The number of hydrogen-bond donors (Lipinski definition) is 2. The molecule has 9 nitrogen and oxygen atoms in total. The minimum absolute atomic E-state index is 0.214. The van der Waals surface area contributed by atoms with E-state index in [0.29, 0.717) is 23.8 Å². The molecule has 1 unspecified atom stereocenters. The van der Waals surface area contributed by atoms with Crippen LogP contribution in [0.4, 0.5) is 0 Å². The monoisotopic (exact) mass is 346 g/mol. The van der Waals surface area contributed by atoms with Gasteiger partial charge in [0.25, 0.3) is 6.20 Å². The second-order valence-corrected chi connectivity index (χ2v) is 6.97. The van der Waals surface area contributed by atoms with Gasteiger partial charge in [0.2, 0.25) is 0 Å². The van der Waals surface area contributed by atoms with Crippen LogP contribution in [-0.2, 0) is 23.1 Å². The van der Waals surface area contributed by atoms with Gasteiger partial charge in [-0.3, -0.25) is 14.3 Å². The molecule has 1 aromatic heterocycles. The van der Waals surface area contributed by atoms with Crippen molar-refractivity contribution in [3.63, 3.8) is 0 Å². The number of hydrogen-bond acceptors (Lipinski definition) is 7. The van der Waals surface area contributed by atoms with Crippen molar-refractivity contribution in [1.29, 1.82) is 0 Å². The van der Waals surface area contributed by atoms with Crippen LogP contribution < -0.4 is 10.6 Å². The molecule has 0 saturated carbocycles. The van der Waals surface area contributed by atoms with Crippen LogP contribution in [0.3, 0.4) is 0 Å². The van der Waals surface area contributed by atoms with Crippen molar-refractivity contribution >= 4 is 10.8 Å². The van der Waals surface area contributed by atoms with Gasteiger partial charge in [0.15, 0.2) is 11.6 Å². The van der Waals surface area contributed by atoms with E-state index in [2.05, 4.69) is 10.6 Å². The van der Waals surface area contributed by atoms with Crippen LogP contribution in [0.5, 0.6) is 0 Å². The van der Waals surface area contributed by atoms with Gasteiger partial charge >= 0.3 is 0 Å². The number of nitro groups is 1. The Balaban J connectivity index is 2.41. The van der Waals surface area contributed by atoms with Crippen LogP contribution >= 0.6 is 0 Å². The van der Waals surface area contributed by atoms with Gasteiger partial charge in [0.05, 0.1) is 24.8 Å². The molecule has 0 radical (unpaired) electrons. The van der Waals surface area contributed by atoms with Crippen LogP contribution in [0, 0.1) is 15.3 Å². The Bertz CT molecular complexity index is 579. The molecule has 0 aliphatic rings. The van der Waals surface area contributed by atoms with Gasteiger partial charge in [-0.05, 0) is 12.1 Å². The van der Waals surface area contributed by atoms with Gasteiger partial charge in [-0.25, -0.2) is 0 Å². The van der Waals surface area contributed by atoms with Crippen molar-refractivity contribution in [2.45, 2.75) is 12.3 Å². The highest BCUT2D eigenvalue weighted by Crippen LogP contribution is 2.14. The normalized spacial score (nSPS) is 13.7. The molecule has 1 heterocycles. The van der Waals surface area contributed by atoms with Crippen molar-refractivity contribution in [2.75, 3.05) is 33.4 Å². The lowest BCUT2D eigenvalue weighted by molar-refractivity contribution is -0.854. The first-order chi connectivity index (χ1) is 10.7. The Labute approximate surface area is 137 Å². The Hall–Kier alpha value is -1.91. The molecule has 2 N–H and O–H groups in total. The highest BCUT2D eigenvalue weighted by Gasteiger charge is 2.11. The molecule has 1 aromatic rings. The van der Waals surface area contributed by atoms with E-state index in [0.717, 1.165) is 6.20 Å². The second kappa shape index (κ2) is 8.65. The zero-order valence-corrected chi connectivity index (χ0v) is 14.2. The molecule has 0 saturated heterocycles. The zero-order valence-electron chi connectivity index (χ0n) is 13.4. The number of nitrogens with zero attached hydrogens (tertiary/aromatic N) is 2. The summed E-state index contributed by atoms with van der Waals surface area (Å²) in [5.41, 5.74) is 0. The first-order valence-electron chi connectivity index (χ1n) is 6.93. The lowest BCUT2D eigenvalue weighted by atomic mass is 10.4. The van der Waals surface area contributed by atoms with Crippen molar-refractivity contribution in [2.24, 2.45) is 0 Å². The van der Waals surface area contributed by atoms with Gasteiger partial charge in [-0.1, -0.05) is 0 Å². The molecule has 1 atom stereocenters. The maximum atomic E-state index is 12.0. The Morgan fingerprint density at radius 2 is 2.09 bits per heavy atom. The third kappa shape index (κ3) is 8.33. The lowest BCUT2D eigenvalue weighted by Crippen LogP contribution is -2.30. The molecule has 0 aromatic carbocycles. The molecular weight excluding hydrogens is 324 g/mol. The van der Waals surface area contributed by atoms with Crippen molar-refractivity contribution in [3.8, 4) is 0 Å². The highest BCUT2D eigenvalue weighted by molar-refractivity contribution is 7.84. The molecule has 0 amide bonds. The molecule has 23 heavy (non-hydrogen) atoms. The summed E-state index contributed by atoms with van der Waals surface area (Å²) in [5.74, 6) is 1.92. The largest absolute Gasteiger partial charge is 0.633 e. The maximum Gasteiger partial charge on any atom is 0.274 e. The first-order valence-corrected chi connectivity index (χ1v) is 8.42. The number of furan rings is 1. The minimum Gasteiger partial charge on any atom is -0.633 e. The number of rotatable bonds is 10. The van der Waals surface area contributed by atoms with Gasteiger partial charge in [0.1, 0.15) is 12.3 Å². The molecular formula is C13H22N4O5S. The van der Waals surface area contributed by atoms with E-state index in [1.165, 1.54) is 14.1 Å². The summed E-state index contributed by atoms with van der Waals surface area (Å²) in [4.78, 5) is 9.79. The van der Waals surface area contributed by atoms with E-state index in [-0.39, 0.29) is 18.1 Å². The molecule has 1 rings (SSSR count). The average molecular weight is 346 g/mol. The standard InChI is InChI=1S/C13H22N4O5S/c1-14-13(8-16(18)19)15-6-7-23(21)10-12-5-4-11(22-12)9-17(2,3)20/h4-5,8,14-15H,6-7,9-10H2,1-3H3/b13-8+. The molecule has 0 fully saturated rings. The maximum absolute atomic E-state index is 12.0. The van der Waals surface area contributed by atoms with Crippen LogP contribution in [0.25, 0.3) is 0 Å². The summed E-state index contributed by atoms with van der Waals surface area (Å²) in [6.07, 6.45) is 0.810. The third-order valence-corrected chi connectivity index (χ3v) is 3.97. The fraction of sp³-hybridized carbons (Fsp3) is 0.538. The molecule has 0 bridgehead atoms. The summed E-state index contributed by atoms with van der Waals surface area (Å²) < 4.78 is 17.0. The fourth-order valence-electron chi connectivity index (χ4n) is 1.79. The van der Waals surface area contributed by atoms with E-state index in [1.807, 2.05) is 0 Å². The predicted octanol–water partition coefficient (Wildman–Crippen LogP) is 0.487. The highest BCUT2D eigenvalue weighted by atomic mass is 32.2. The summed E-state index contributed by atoms with van der Waals surface area (Å²) in [5, 5.41) is 27.4. The summed E-state index contributed by atoms with van der Waals surface area (Å²) in [7, 11) is 3.41. The first kappa shape index (κ1) is 19.1. The van der Waals surface area contributed by atoms with Crippen LogP contribution in [-0.4, -0.2) is 47.2 Å². The smallest absolute Gasteiger partial charge is 0.274 e. The van der Waals surface area contributed by atoms with Crippen molar-refractivity contribution in [3.05, 3.63) is 51.0 Å². The fourth-order valence-corrected chi connectivity index (χ4v) is 2.74. The molecule has 10 heteroatoms. The van der Waals surface area contributed by atoms with Crippen LogP contribution in [0.2, 0.25) is 0 Å². The quantitative estimate of drug-likeness (QED) is 0.359. The van der Waals surface area contributed by atoms with E-state index in [1.54, 1.807) is 19.2 Å². The molecule has 0 aliphatic carbocycles. The summed E-state index contributed by atoms with van der Waals surface area (Å²) in [6, 6.07) is 3.42. The zero-order chi connectivity index (χ0) is 17.5. The number of hydroxylamine groups is 3. The number of nitrogens with one attached hydrogen (secondary N) is 2. The van der Waals surface area contributed by atoms with E-state index >= 15 is 0 Å². The predicted molar refractivity (Wildman–Crippen MR) is 86.7 cm³/mol. The van der Waals surface area contributed by atoms with Gasteiger partial charge in [0, 0.05) is 30.1 Å². The van der Waals surface area contributed by atoms with Crippen molar-refractivity contribution in [1.82, 2.24) is 10.6 Å². The Kier molecular flexibility index (Phi) is 7.20. The van der Waals surface area contributed by atoms with Gasteiger partial charge < -0.3 is 24.9 Å². The summed E-state index contributed by atoms with van der Waals surface area (Å²) >= 11 is 0. The molecule has 130 valence electrons. The van der Waals surface area contributed by atoms with Crippen LogP contribution in [0.1, 0.15) is 11.5 Å². The molecule has 0 spiro atoms. The Morgan fingerprint density at radius 1 is 1.43 bits per heavy atom. The van der Waals surface area contributed by atoms with Crippen LogP contribution in [0.15, 0.2) is 28.6 Å².